The van der Waals surface area contributed by atoms with Crippen LogP contribution in [-0.4, -0.2) is 27.1 Å². The van der Waals surface area contributed by atoms with Crippen molar-refractivity contribution in [2.24, 2.45) is 0 Å². The molecule has 0 N–H and O–H groups in total. The van der Waals surface area contributed by atoms with Crippen LogP contribution in [0.15, 0.2) is 0 Å². The van der Waals surface area contributed by atoms with Gasteiger partial charge in [-0.25, -0.2) is 0 Å². The molecule has 0 aliphatic heterocycles. The van der Waals surface area contributed by atoms with Gasteiger partial charge in [-0.05, 0) is 19.8 Å². The molecule has 0 spiro atoms. The molecule has 0 saturated carbocycles. The molecule has 0 aliphatic rings. The molecule has 0 rings (SSSR count). The van der Waals surface area contributed by atoms with Crippen LogP contribution in [0.2, 0.25) is 0 Å². The second-order valence-corrected chi connectivity index (χ2v) is 2.49. The Balaban J connectivity index is 3.40. The van der Waals surface area contributed by atoms with Gasteiger partial charge in [0.05, 0.1) is 0 Å². The molecule has 72 valence electrons. The number of rotatable bonds is 8. The Labute approximate surface area is 75.6 Å². The summed E-state index contributed by atoms with van der Waals surface area (Å²) in [5.74, 6) is 0. The molecule has 0 heterocycles. The Kier molecular flexibility index (Phi) is 8.99. The van der Waals surface area contributed by atoms with E-state index in [9.17, 15) is 0 Å². The summed E-state index contributed by atoms with van der Waals surface area (Å²) in [4.78, 5) is 0. The summed E-state index contributed by atoms with van der Waals surface area (Å²) < 4.78 is 15.8. The van der Waals surface area contributed by atoms with Crippen molar-refractivity contribution < 1.29 is 14.0 Å². The normalized spacial score (nSPS) is 10.2. The molecule has 0 amide bonds. The van der Waals surface area contributed by atoms with E-state index in [1.54, 1.807) is 0 Å². The van der Waals surface area contributed by atoms with Crippen LogP contribution >= 0.6 is 0 Å². The van der Waals surface area contributed by atoms with E-state index in [4.69, 9.17) is 14.0 Å². The van der Waals surface area contributed by atoms with Crippen molar-refractivity contribution in [3.8, 4) is 0 Å². The van der Waals surface area contributed by atoms with Crippen molar-refractivity contribution >= 4 is 7.32 Å². The van der Waals surface area contributed by atoms with Gasteiger partial charge in [0.2, 0.25) is 0 Å². The second-order valence-electron chi connectivity index (χ2n) is 2.49. The van der Waals surface area contributed by atoms with Gasteiger partial charge in [0.15, 0.2) is 0 Å². The fraction of sp³-hybridized carbons (Fsp3) is 1.00. The molecule has 0 saturated heterocycles. The van der Waals surface area contributed by atoms with Crippen molar-refractivity contribution in [3.05, 3.63) is 0 Å². The highest BCUT2D eigenvalue weighted by Crippen LogP contribution is 1.95. The fourth-order valence-corrected chi connectivity index (χ4v) is 0.709. The minimum Gasteiger partial charge on any atom is -0.386 e. The summed E-state index contributed by atoms with van der Waals surface area (Å²) in [6.07, 6.45) is 1.97. The van der Waals surface area contributed by atoms with Crippen LogP contribution in [0.1, 0.15) is 33.6 Å². The van der Waals surface area contributed by atoms with Crippen molar-refractivity contribution in [2.75, 3.05) is 19.8 Å². The van der Waals surface area contributed by atoms with Crippen LogP contribution in [0, 0.1) is 0 Å². The minimum absolute atomic E-state index is 0.463. The molecule has 0 radical (unpaired) electrons. The van der Waals surface area contributed by atoms with Crippen molar-refractivity contribution in [1.82, 2.24) is 0 Å². The van der Waals surface area contributed by atoms with E-state index in [-0.39, 0.29) is 0 Å². The largest absolute Gasteiger partial charge is 0.639 e. The molecule has 0 aromatic heterocycles. The third kappa shape index (κ3) is 6.64. The number of hydrogen-bond donors (Lipinski definition) is 0. The van der Waals surface area contributed by atoms with Gasteiger partial charge in [-0.3, -0.25) is 0 Å². The van der Waals surface area contributed by atoms with Gasteiger partial charge in [-0.15, -0.1) is 0 Å². The monoisotopic (exact) mass is 174 g/mol. The van der Waals surface area contributed by atoms with Gasteiger partial charge in [-0.2, -0.15) is 0 Å². The average molecular weight is 174 g/mol. The second kappa shape index (κ2) is 9.04. The SMILES string of the molecule is CCCOB(OCC)OCCC. The number of hydrogen-bond acceptors (Lipinski definition) is 3. The average Bonchev–Trinajstić information content (AvgIpc) is 2.10. The lowest BCUT2D eigenvalue weighted by molar-refractivity contribution is 0.0976. The van der Waals surface area contributed by atoms with Crippen LogP contribution < -0.4 is 0 Å². The highest BCUT2D eigenvalue weighted by molar-refractivity contribution is 6.36. The van der Waals surface area contributed by atoms with Gasteiger partial charge in [-0.1, -0.05) is 13.8 Å². The first-order valence-corrected chi connectivity index (χ1v) is 4.69. The van der Waals surface area contributed by atoms with E-state index in [1.807, 2.05) is 6.92 Å². The summed E-state index contributed by atoms with van der Waals surface area (Å²) in [6.45, 7) is 8.05. The maximum Gasteiger partial charge on any atom is 0.639 e. The highest BCUT2D eigenvalue weighted by atomic mass is 16.7. The van der Waals surface area contributed by atoms with Crippen LogP contribution in [0.25, 0.3) is 0 Å². The lowest BCUT2D eigenvalue weighted by atomic mass is 10.2. The van der Waals surface area contributed by atoms with E-state index < -0.39 is 7.32 Å². The topological polar surface area (TPSA) is 27.7 Å². The lowest BCUT2D eigenvalue weighted by Crippen LogP contribution is -2.27. The molecular weight excluding hydrogens is 155 g/mol. The zero-order chi connectivity index (χ0) is 9.23. The predicted molar refractivity (Wildman–Crippen MR) is 49.9 cm³/mol. The molecule has 3 nitrogen and oxygen atoms in total. The van der Waals surface area contributed by atoms with E-state index in [2.05, 4.69) is 13.8 Å². The van der Waals surface area contributed by atoms with Gasteiger partial charge in [0.1, 0.15) is 0 Å². The molecule has 12 heavy (non-hydrogen) atoms. The third-order valence-electron chi connectivity index (χ3n) is 1.22. The molecule has 0 aromatic carbocycles. The van der Waals surface area contributed by atoms with Crippen LogP contribution in [0.4, 0.5) is 0 Å². The zero-order valence-electron chi connectivity index (χ0n) is 8.34. The lowest BCUT2D eigenvalue weighted by Gasteiger charge is -2.11. The summed E-state index contributed by atoms with van der Waals surface area (Å²) in [5, 5.41) is 0. The molecule has 0 aromatic rings. The smallest absolute Gasteiger partial charge is 0.386 e. The summed E-state index contributed by atoms with van der Waals surface area (Å²) in [6, 6.07) is 0. The molecule has 0 atom stereocenters. The van der Waals surface area contributed by atoms with Crippen LogP contribution in [-0.2, 0) is 14.0 Å². The van der Waals surface area contributed by atoms with Crippen molar-refractivity contribution in [2.45, 2.75) is 33.6 Å². The first-order chi connectivity index (χ1) is 5.85. The first-order valence-electron chi connectivity index (χ1n) is 4.69. The predicted octanol–water partition coefficient (Wildman–Crippen LogP) is 1.86. The van der Waals surface area contributed by atoms with Crippen molar-refractivity contribution in [3.63, 3.8) is 0 Å². The molecule has 0 bridgehead atoms. The molecule has 4 heteroatoms. The molecular formula is C8H19BO3. The Morgan fingerprint density at radius 1 is 0.833 bits per heavy atom. The summed E-state index contributed by atoms with van der Waals surface area (Å²) >= 11 is 0. The van der Waals surface area contributed by atoms with Gasteiger partial charge in [0, 0.05) is 19.8 Å². The van der Waals surface area contributed by atoms with E-state index in [0.717, 1.165) is 12.8 Å². The molecule has 0 fully saturated rings. The highest BCUT2D eigenvalue weighted by Gasteiger charge is 2.18. The third-order valence-corrected chi connectivity index (χ3v) is 1.22. The zero-order valence-corrected chi connectivity index (χ0v) is 8.34. The fourth-order valence-electron chi connectivity index (χ4n) is 0.709. The maximum atomic E-state index is 5.29. The van der Waals surface area contributed by atoms with Crippen LogP contribution in [0.3, 0.4) is 0 Å². The first kappa shape index (κ1) is 11.9. The summed E-state index contributed by atoms with van der Waals surface area (Å²) in [7, 11) is -0.463. The minimum atomic E-state index is -0.463. The Bertz CT molecular complexity index is 82.4. The van der Waals surface area contributed by atoms with Crippen LogP contribution in [0.5, 0.6) is 0 Å². The van der Waals surface area contributed by atoms with E-state index in [0.29, 0.717) is 19.8 Å². The molecule has 0 unspecified atom stereocenters. The standard InChI is InChI=1S/C8H19BO3/c1-4-7-11-9(10-6-3)12-8-5-2/h4-8H2,1-3H3. The van der Waals surface area contributed by atoms with E-state index >= 15 is 0 Å². The Hall–Kier alpha value is -0.0551. The molecule has 0 aliphatic carbocycles. The van der Waals surface area contributed by atoms with Crippen molar-refractivity contribution in [1.29, 1.82) is 0 Å². The van der Waals surface area contributed by atoms with Gasteiger partial charge >= 0.3 is 7.32 Å². The Morgan fingerprint density at radius 2 is 1.33 bits per heavy atom. The summed E-state index contributed by atoms with van der Waals surface area (Å²) in [5.41, 5.74) is 0. The van der Waals surface area contributed by atoms with Gasteiger partial charge < -0.3 is 14.0 Å². The van der Waals surface area contributed by atoms with Gasteiger partial charge in [0.25, 0.3) is 0 Å². The Morgan fingerprint density at radius 3 is 1.67 bits per heavy atom. The maximum absolute atomic E-state index is 5.29. The van der Waals surface area contributed by atoms with E-state index in [1.165, 1.54) is 0 Å². The quantitative estimate of drug-likeness (QED) is 0.525.